The molecule has 2 rings (SSSR count). The van der Waals surface area contributed by atoms with Crippen molar-refractivity contribution in [3.63, 3.8) is 0 Å². The number of benzene rings is 1. The smallest absolute Gasteiger partial charge is 0.183 e. The zero-order valence-electron chi connectivity index (χ0n) is 9.68. The zero-order valence-corrected chi connectivity index (χ0v) is 11.3. The Balaban J connectivity index is 2.07. The number of rotatable bonds is 3. The summed E-state index contributed by atoms with van der Waals surface area (Å²) >= 11 is 3.58. The first-order valence-electron chi connectivity index (χ1n) is 5.51. The van der Waals surface area contributed by atoms with E-state index in [1.54, 1.807) is 29.6 Å². The lowest BCUT2D eigenvalue weighted by atomic mass is 10.1. The first kappa shape index (κ1) is 12.5. The standard InChI is InChI=1S/C14H14OS2/c1-11(14-16-9-10-17-14)13(15)8-7-12-5-3-2-4-6-12/h2-8H,9-10H2,1H3/b8-7+. The van der Waals surface area contributed by atoms with Gasteiger partial charge in [-0.25, -0.2) is 0 Å². The molecule has 1 nitrogen and oxygen atoms in total. The van der Waals surface area contributed by atoms with Crippen LogP contribution in [0.15, 0.2) is 46.2 Å². The quantitative estimate of drug-likeness (QED) is 0.767. The van der Waals surface area contributed by atoms with E-state index in [-0.39, 0.29) is 5.78 Å². The van der Waals surface area contributed by atoms with Gasteiger partial charge in [-0.1, -0.05) is 36.4 Å². The van der Waals surface area contributed by atoms with E-state index in [0.717, 1.165) is 22.6 Å². The summed E-state index contributed by atoms with van der Waals surface area (Å²) in [5, 5.41) is 0. The van der Waals surface area contributed by atoms with Crippen molar-refractivity contribution in [3.05, 3.63) is 51.8 Å². The SMILES string of the molecule is CC(C(=O)/C=C/c1ccccc1)=C1SCCS1. The predicted octanol–water partition coefficient (Wildman–Crippen LogP) is 3.98. The summed E-state index contributed by atoms with van der Waals surface area (Å²) in [5.74, 6) is 2.35. The lowest BCUT2D eigenvalue weighted by molar-refractivity contribution is -0.111. The van der Waals surface area contributed by atoms with Gasteiger partial charge in [-0.3, -0.25) is 4.79 Å². The first-order valence-corrected chi connectivity index (χ1v) is 7.48. The van der Waals surface area contributed by atoms with Crippen molar-refractivity contribution in [1.82, 2.24) is 0 Å². The molecular weight excluding hydrogens is 248 g/mol. The minimum atomic E-state index is 0.116. The normalized spacial score (nSPS) is 15.5. The Labute approximate surface area is 110 Å². The van der Waals surface area contributed by atoms with Gasteiger partial charge < -0.3 is 0 Å². The summed E-state index contributed by atoms with van der Waals surface area (Å²) < 4.78 is 1.19. The van der Waals surface area contributed by atoms with E-state index in [9.17, 15) is 4.79 Å². The lowest BCUT2D eigenvalue weighted by Gasteiger charge is -1.99. The third-order valence-corrected chi connectivity index (χ3v) is 5.37. The topological polar surface area (TPSA) is 17.1 Å². The summed E-state index contributed by atoms with van der Waals surface area (Å²) in [6, 6.07) is 9.89. The van der Waals surface area contributed by atoms with E-state index in [1.807, 2.05) is 43.3 Å². The van der Waals surface area contributed by atoms with Gasteiger partial charge in [0.1, 0.15) is 0 Å². The summed E-state index contributed by atoms with van der Waals surface area (Å²) in [5.41, 5.74) is 1.94. The monoisotopic (exact) mass is 262 g/mol. The van der Waals surface area contributed by atoms with Crippen LogP contribution in [0.3, 0.4) is 0 Å². The molecule has 1 fully saturated rings. The van der Waals surface area contributed by atoms with Gasteiger partial charge >= 0.3 is 0 Å². The summed E-state index contributed by atoms with van der Waals surface area (Å²) in [6.45, 7) is 1.92. The second kappa shape index (κ2) is 6.12. The third-order valence-electron chi connectivity index (χ3n) is 2.45. The highest BCUT2D eigenvalue weighted by Crippen LogP contribution is 2.38. The van der Waals surface area contributed by atoms with Gasteiger partial charge in [-0.15, -0.1) is 23.5 Å². The molecule has 1 heterocycles. The number of hydrogen-bond acceptors (Lipinski definition) is 3. The molecule has 0 spiro atoms. The molecule has 1 aromatic carbocycles. The largest absolute Gasteiger partial charge is 0.290 e. The second-order valence-corrected chi connectivity index (χ2v) is 6.19. The van der Waals surface area contributed by atoms with Gasteiger partial charge in [0.25, 0.3) is 0 Å². The highest BCUT2D eigenvalue weighted by molar-refractivity contribution is 8.25. The van der Waals surface area contributed by atoms with Crippen LogP contribution in [0, 0.1) is 0 Å². The van der Waals surface area contributed by atoms with Crippen molar-refractivity contribution in [1.29, 1.82) is 0 Å². The maximum atomic E-state index is 11.9. The van der Waals surface area contributed by atoms with E-state index in [1.165, 1.54) is 4.24 Å². The molecule has 1 aliphatic rings. The van der Waals surface area contributed by atoms with Crippen molar-refractivity contribution < 1.29 is 4.79 Å². The maximum Gasteiger partial charge on any atom is 0.183 e. The van der Waals surface area contributed by atoms with Crippen LogP contribution in [-0.4, -0.2) is 17.3 Å². The van der Waals surface area contributed by atoms with Crippen molar-refractivity contribution >= 4 is 35.4 Å². The molecule has 17 heavy (non-hydrogen) atoms. The van der Waals surface area contributed by atoms with Gasteiger partial charge in [0.05, 0.1) is 0 Å². The minimum Gasteiger partial charge on any atom is -0.290 e. The van der Waals surface area contributed by atoms with E-state index < -0.39 is 0 Å². The van der Waals surface area contributed by atoms with Gasteiger partial charge in [0, 0.05) is 21.3 Å². The molecule has 1 saturated heterocycles. The molecule has 0 bridgehead atoms. The Morgan fingerprint density at radius 1 is 1.18 bits per heavy atom. The number of ketones is 1. The number of hydrogen-bond donors (Lipinski definition) is 0. The van der Waals surface area contributed by atoms with Gasteiger partial charge in [-0.2, -0.15) is 0 Å². The van der Waals surface area contributed by atoms with Crippen LogP contribution in [0.5, 0.6) is 0 Å². The highest BCUT2D eigenvalue weighted by Gasteiger charge is 2.14. The maximum absolute atomic E-state index is 11.9. The minimum absolute atomic E-state index is 0.116. The number of carbonyl (C=O) groups is 1. The summed E-state index contributed by atoms with van der Waals surface area (Å²) in [6.07, 6.45) is 3.54. The van der Waals surface area contributed by atoms with Crippen LogP contribution in [0.25, 0.3) is 6.08 Å². The highest BCUT2D eigenvalue weighted by atomic mass is 32.2. The summed E-state index contributed by atoms with van der Waals surface area (Å²) in [4.78, 5) is 11.9. The van der Waals surface area contributed by atoms with Gasteiger partial charge in [0.2, 0.25) is 0 Å². The second-order valence-electron chi connectivity index (χ2n) is 3.72. The number of thioether (sulfide) groups is 2. The van der Waals surface area contributed by atoms with Crippen LogP contribution in [0.1, 0.15) is 12.5 Å². The molecule has 0 atom stereocenters. The molecule has 0 saturated carbocycles. The fourth-order valence-electron chi connectivity index (χ4n) is 1.49. The van der Waals surface area contributed by atoms with Crippen molar-refractivity contribution in [2.75, 3.05) is 11.5 Å². The molecular formula is C14H14OS2. The van der Waals surface area contributed by atoms with E-state index in [2.05, 4.69) is 0 Å². The molecule has 1 aliphatic heterocycles. The first-order chi connectivity index (χ1) is 8.27. The van der Waals surface area contributed by atoms with Crippen molar-refractivity contribution in [2.24, 2.45) is 0 Å². The Kier molecular flexibility index (Phi) is 4.51. The Bertz CT molecular complexity index is 452. The van der Waals surface area contributed by atoms with E-state index in [4.69, 9.17) is 0 Å². The molecule has 0 amide bonds. The average Bonchev–Trinajstić information content (AvgIpc) is 2.90. The van der Waals surface area contributed by atoms with Crippen LogP contribution in [0.2, 0.25) is 0 Å². The molecule has 3 heteroatoms. The molecule has 88 valence electrons. The molecule has 0 N–H and O–H groups in total. The fourth-order valence-corrected chi connectivity index (χ4v) is 3.99. The van der Waals surface area contributed by atoms with Crippen molar-refractivity contribution in [3.8, 4) is 0 Å². The third kappa shape index (κ3) is 3.51. The van der Waals surface area contributed by atoms with Crippen LogP contribution in [0.4, 0.5) is 0 Å². The van der Waals surface area contributed by atoms with E-state index >= 15 is 0 Å². The van der Waals surface area contributed by atoms with Crippen LogP contribution in [-0.2, 0) is 4.79 Å². The van der Waals surface area contributed by atoms with Gasteiger partial charge in [-0.05, 0) is 18.6 Å². The van der Waals surface area contributed by atoms with Crippen LogP contribution >= 0.6 is 23.5 Å². The molecule has 0 aliphatic carbocycles. The summed E-state index contributed by atoms with van der Waals surface area (Å²) in [7, 11) is 0. The van der Waals surface area contributed by atoms with Crippen LogP contribution < -0.4 is 0 Å². The number of carbonyl (C=O) groups excluding carboxylic acids is 1. The zero-order chi connectivity index (χ0) is 12.1. The average molecular weight is 262 g/mol. The number of allylic oxidation sites excluding steroid dienone is 2. The lowest BCUT2D eigenvalue weighted by Crippen LogP contribution is -1.95. The molecule has 0 aromatic heterocycles. The Morgan fingerprint density at radius 2 is 1.82 bits per heavy atom. The fraction of sp³-hybridized carbons (Fsp3) is 0.214. The van der Waals surface area contributed by atoms with Crippen molar-refractivity contribution in [2.45, 2.75) is 6.92 Å². The predicted molar refractivity (Wildman–Crippen MR) is 78.1 cm³/mol. The molecule has 0 radical (unpaired) electrons. The van der Waals surface area contributed by atoms with Gasteiger partial charge in [0.15, 0.2) is 5.78 Å². The molecule has 0 unspecified atom stereocenters. The Hall–Kier alpha value is -0.930. The van der Waals surface area contributed by atoms with E-state index in [0.29, 0.717) is 0 Å². The Morgan fingerprint density at radius 3 is 2.47 bits per heavy atom. The molecule has 1 aromatic rings.